The fraction of sp³-hybridized carbons (Fsp3) is 0.188. The highest BCUT2D eigenvalue weighted by Gasteiger charge is 2.15. The number of pyridine rings is 1. The summed E-state index contributed by atoms with van der Waals surface area (Å²) in [6.07, 6.45) is 1.97. The number of hydrogen-bond donors (Lipinski definition) is 2. The number of aromatic nitrogens is 3. The van der Waals surface area contributed by atoms with E-state index in [1.54, 1.807) is 22.7 Å². The summed E-state index contributed by atoms with van der Waals surface area (Å²) in [7, 11) is 0. The molecule has 0 unspecified atom stereocenters. The highest BCUT2D eigenvalue weighted by molar-refractivity contribution is 5.99. The molecule has 0 aliphatic heterocycles. The van der Waals surface area contributed by atoms with Gasteiger partial charge in [-0.1, -0.05) is 6.07 Å². The van der Waals surface area contributed by atoms with Crippen molar-refractivity contribution in [1.29, 1.82) is 0 Å². The lowest BCUT2D eigenvalue weighted by Gasteiger charge is -2.05. The van der Waals surface area contributed by atoms with Crippen LogP contribution in [0.25, 0.3) is 5.65 Å². The predicted molar refractivity (Wildman–Crippen MR) is 83.5 cm³/mol. The van der Waals surface area contributed by atoms with Crippen LogP contribution in [0.15, 0.2) is 36.5 Å². The Labute approximate surface area is 136 Å². The van der Waals surface area contributed by atoms with Gasteiger partial charge in [0.05, 0.1) is 5.56 Å². The van der Waals surface area contributed by atoms with E-state index in [4.69, 9.17) is 5.73 Å². The minimum atomic E-state index is -0.914. The van der Waals surface area contributed by atoms with Crippen molar-refractivity contribution in [2.75, 3.05) is 13.1 Å². The number of carbonyl (C=O) groups excluding carboxylic acids is 1. The van der Waals surface area contributed by atoms with Crippen molar-refractivity contribution in [2.45, 2.75) is 6.42 Å². The third kappa shape index (κ3) is 3.09. The van der Waals surface area contributed by atoms with Gasteiger partial charge in [0.2, 0.25) is 0 Å². The first kappa shape index (κ1) is 16.0. The summed E-state index contributed by atoms with van der Waals surface area (Å²) in [6.45, 7) is 0.693. The highest BCUT2D eigenvalue weighted by atomic mass is 19.2. The van der Waals surface area contributed by atoms with Gasteiger partial charge in [0, 0.05) is 25.7 Å². The zero-order valence-corrected chi connectivity index (χ0v) is 12.7. The van der Waals surface area contributed by atoms with E-state index in [1.165, 1.54) is 6.07 Å². The zero-order chi connectivity index (χ0) is 17.1. The SMILES string of the molecule is NCCNC(=O)c1cccn2c(Cc3ccc(F)c(F)c3)nnc12. The molecule has 2 heterocycles. The van der Waals surface area contributed by atoms with Crippen molar-refractivity contribution in [3.63, 3.8) is 0 Å². The Morgan fingerprint density at radius 1 is 1.21 bits per heavy atom. The van der Waals surface area contributed by atoms with E-state index in [-0.39, 0.29) is 12.3 Å². The van der Waals surface area contributed by atoms with E-state index < -0.39 is 11.6 Å². The molecule has 0 radical (unpaired) electrons. The predicted octanol–water partition coefficient (Wildman–Crippen LogP) is 1.29. The highest BCUT2D eigenvalue weighted by Crippen LogP contribution is 2.15. The van der Waals surface area contributed by atoms with Crippen molar-refractivity contribution in [3.8, 4) is 0 Å². The Bertz CT molecular complexity index is 893. The number of benzene rings is 1. The molecule has 8 heteroatoms. The first-order chi connectivity index (χ1) is 11.6. The Morgan fingerprint density at radius 3 is 2.79 bits per heavy atom. The molecule has 3 rings (SSSR count). The number of nitrogens with two attached hydrogens (primary N) is 1. The fourth-order valence-electron chi connectivity index (χ4n) is 2.37. The molecule has 6 nitrogen and oxygen atoms in total. The average Bonchev–Trinajstić information content (AvgIpc) is 2.99. The second-order valence-electron chi connectivity index (χ2n) is 5.20. The Balaban J connectivity index is 1.93. The van der Waals surface area contributed by atoms with Gasteiger partial charge < -0.3 is 11.1 Å². The molecule has 0 bridgehead atoms. The van der Waals surface area contributed by atoms with Crippen LogP contribution in [0.3, 0.4) is 0 Å². The van der Waals surface area contributed by atoms with E-state index in [2.05, 4.69) is 15.5 Å². The number of rotatable bonds is 5. The molecule has 124 valence electrons. The Kier molecular flexibility index (Phi) is 4.48. The van der Waals surface area contributed by atoms with Crippen LogP contribution in [0.1, 0.15) is 21.7 Å². The summed E-state index contributed by atoms with van der Waals surface area (Å²) in [5.74, 6) is -1.59. The van der Waals surface area contributed by atoms with E-state index >= 15 is 0 Å². The molecule has 3 aromatic rings. The van der Waals surface area contributed by atoms with Gasteiger partial charge in [-0.2, -0.15) is 0 Å². The quantitative estimate of drug-likeness (QED) is 0.738. The standard InChI is InChI=1S/C16H15F2N5O/c17-12-4-3-10(8-13(12)18)9-14-21-22-15-11(2-1-7-23(14)15)16(24)20-6-5-19/h1-4,7-8H,5-6,9,19H2,(H,20,24). The van der Waals surface area contributed by atoms with Crippen molar-refractivity contribution in [3.05, 3.63) is 65.1 Å². The molecule has 0 aliphatic carbocycles. The second kappa shape index (κ2) is 6.71. The largest absolute Gasteiger partial charge is 0.351 e. The van der Waals surface area contributed by atoms with Crippen LogP contribution >= 0.6 is 0 Å². The van der Waals surface area contributed by atoms with Gasteiger partial charge in [0.25, 0.3) is 5.91 Å². The molecule has 0 aliphatic rings. The lowest BCUT2D eigenvalue weighted by atomic mass is 10.1. The number of nitrogens with one attached hydrogen (secondary N) is 1. The molecule has 0 saturated heterocycles. The molecular weight excluding hydrogens is 316 g/mol. The van der Waals surface area contributed by atoms with E-state index in [1.807, 2.05) is 0 Å². The maximum atomic E-state index is 13.3. The molecule has 3 N–H and O–H groups in total. The van der Waals surface area contributed by atoms with E-state index in [9.17, 15) is 13.6 Å². The molecule has 0 saturated carbocycles. The summed E-state index contributed by atoms with van der Waals surface area (Å²) < 4.78 is 28.0. The van der Waals surface area contributed by atoms with Gasteiger partial charge in [-0.3, -0.25) is 9.20 Å². The molecule has 1 aromatic carbocycles. The number of fused-ring (bicyclic) bond motifs is 1. The molecule has 2 aromatic heterocycles. The van der Waals surface area contributed by atoms with Gasteiger partial charge in [0.15, 0.2) is 17.3 Å². The van der Waals surface area contributed by atoms with Crippen molar-refractivity contribution in [2.24, 2.45) is 5.73 Å². The lowest BCUT2D eigenvalue weighted by molar-refractivity contribution is 0.0956. The van der Waals surface area contributed by atoms with E-state index in [0.29, 0.717) is 35.7 Å². The smallest absolute Gasteiger partial charge is 0.255 e. The third-order valence-corrected chi connectivity index (χ3v) is 3.53. The maximum absolute atomic E-state index is 13.3. The fourth-order valence-corrected chi connectivity index (χ4v) is 2.37. The average molecular weight is 331 g/mol. The molecule has 0 atom stereocenters. The van der Waals surface area contributed by atoms with Crippen LogP contribution in [0.5, 0.6) is 0 Å². The Morgan fingerprint density at radius 2 is 2.04 bits per heavy atom. The van der Waals surface area contributed by atoms with Crippen LogP contribution < -0.4 is 11.1 Å². The van der Waals surface area contributed by atoms with Crippen molar-refractivity contribution < 1.29 is 13.6 Å². The van der Waals surface area contributed by atoms with Crippen molar-refractivity contribution >= 4 is 11.6 Å². The van der Waals surface area contributed by atoms with E-state index in [0.717, 1.165) is 12.1 Å². The van der Waals surface area contributed by atoms with Crippen LogP contribution in [-0.4, -0.2) is 33.6 Å². The molecule has 0 spiro atoms. The second-order valence-corrected chi connectivity index (χ2v) is 5.20. The first-order valence-electron chi connectivity index (χ1n) is 7.35. The lowest BCUT2D eigenvalue weighted by Crippen LogP contribution is -2.29. The van der Waals surface area contributed by atoms with Crippen LogP contribution in [0.2, 0.25) is 0 Å². The minimum Gasteiger partial charge on any atom is -0.351 e. The number of carbonyl (C=O) groups is 1. The van der Waals surface area contributed by atoms with Crippen molar-refractivity contribution in [1.82, 2.24) is 19.9 Å². The number of nitrogens with zero attached hydrogens (tertiary/aromatic N) is 3. The van der Waals surface area contributed by atoms with Gasteiger partial charge >= 0.3 is 0 Å². The Hall–Kier alpha value is -2.87. The van der Waals surface area contributed by atoms with Gasteiger partial charge in [0.1, 0.15) is 5.82 Å². The maximum Gasteiger partial charge on any atom is 0.255 e. The van der Waals surface area contributed by atoms with Crippen LogP contribution in [-0.2, 0) is 6.42 Å². The third-order valence-electron chi connectivity index (χ3n) is 3.53. The zero-order valence-electron chi connectivity index (χ0n) is 12.7. The summed E-state index contributed by atoms with van der Waals surface area (Å²) in [5, 5.41) is 10.8. The number of halogens is 2. The monoisotopic (exact) mass is 331 g/mol. The van der Waals surface area contributed by atoms with Gasteiger partial charge in [-0.25, -0.2) is 8.78 Å². The molecule has 1 amide bonds. The number of hydrogen-bond acceptors (Lipinski definition) is 4. The van der Waals surface area contributed by atoms with Gasteiger partial charge in [-0.05, 0) is 29.8 Å². The van der Waals surface area contributed by atoms with Gasteiger partial charge in [-0.15, -0.1) is 10.2 Å². The summed E-state index contributed by atoms with van der Waals surface area (Å²) in [4.78, 5) is 12.1. The summed E-state index contributed by atoms with van der Waals surface area (Å²) in [5.41, 5.74) is 6.70. The first-order valence-corrected chi connectivity index (χ1v) is 7.35. The minimum absolute atomic E-state index is 0.256. The van der Waals surface area contributed by atoms with Crippen LogP contribution in [0.4, 0.5) is 8.78 Å². The summed E-state index contributed by atoms with van der Waals surface area (Å²) in [6, 6.07) is 7.00. The summed E-state index contributed by atoms with van der Waals surface area (Å²) >= 11 is 0. The molecule has 0 fully saturated rings. The molecule has 24 heavy (non-hydrogen) atoms. The normalized spacial score (nSPS) is 11.0. The molecular formula is C16H15F2N5O. The topological polar surface area (TPSA) is 85.3 Å². The number of amides is 1. The van der Waals surface area contributed by atoms with Crippen LogP contribution in [0, 0.1) is 11.6 Å².